The maximum absolute atomic E-state index is 12.2. The molecule has 0 heterocycles. The van der Waals surface area contributed by atoms with E-state index in [0.29, 0.717) is 12.8 Å². The van der Waals surface area contributed by atoms with Crippen molar-refractivity contribution < 1.29 is 70.5 Å². The van der Waals surface area contributed by atoms with Crippen molar-refractivity contribution in [3.8, 4) is 0 Å². The van der Waals surface area contributed by atoms with Crippen molar-refractivity contribution in [2.24, 2.45) is 5.92 Å². The number of carboxylic acid groups (broad SMARTS) is 2. The molecular formula is C21H38Li2O7S. The van der Waals surface area contributed by atoms with E-state index in [9.17, 15) is 32.8 Å². The summed E-state index contributed by atoms with van der Waals surface area (Å²) < 4.78 is 31.6. The Morgan fingerprint density at radius 1 is 0.806 bits per heavy atom. The zero-order valence-corrected chi connectivity index (χ0v) is 20.8. The van der Waals surface area contributed by atoms with Crippen LogP contribution in [0.3, 0.4) is 0 Å². The number of rotatable bonds is 19. The molecule has 10 heteroatoms. The average Bonchev–Trinajstić information content (AvgIpc) is 2.61. The molecule has 0 aliphatic rings. The van der Waals surface area contributed by atoms with Crippen molar-refractivity contribution in [1.29, 1.82) is 0 Å². The maximum Gasteiger partial charge on any atom is 1.00 e. The first-order valence-corrected chi connectivity index (χ1v) is 12.5. The molecule has 2 unspecified atom stereocenters. The standard InChI is InChI=1S/C21H40O7S.2Li/c1-3-5-7-9-11-13-15-18(17-19(22)23)21(20(24)25,29(26,27)28)16-14-12-10-8-6-4-2;;/h18H,3-17H2,1-2H3,(H,22,23)(H,24,25)(H,26,27,28);;/q;2*+1/p-2. The molecule has 0 rings (SSSR count). The van der Waals surface area contributed by atoms with Crippen LogP contribution in [0.25, 0.3) is 0 Å². The normalized spacial score (nSPS) is 14.0. The minimum Gasteiger partial charge on any atom is -0.550 e. The summed E-state index contributed by atoms with van der Waals surface area (Å²) in [4.78, 5) is 23.2. The topological polar surface area (TPSA) is 135 Å². The van der Waals surface area contributed by atoms with Crippen LogP contribution >= 0.6 is 0 Å². The van der Waals surface area contributed by atoms with Crippen LogP contribution in [0, 0.1) is 5.92 Å². The SMILES string of the molecule is CCCCCCCCC(CC(=O)[O-])C(CCCCCCCC)(C(=O)[O-])S(=O)(=O)O.[Li+].[Li+]. The van der Waals surface area contributed by atoms with Gasteiger partial charge in [0.25, 0.3) is 10.1 Å². The summed E-state index contributed by atoms with van der Waals surface area (Å²) in [6, 6.07) is 0. The Balaban J connectivity index is -0.00000392. The number of carbonyl (C=O) groups excluding carboxylic acids is 2. The fourth-order valence-electron chi connectivity index (χ4n) is 3.96. The van der Waals surface area contributed by atoms with E-state index in [0.717, 1.165) is 57.8 Å². The molecule has 0 aromatic heterocycles. The molecule has 0 aliphatic carbocycles. The Kier molecular flexibility index (Phi) is 22.4. The van der Waals surface area contributed by atoms with Crippen LogP contribution in [0.2, 0.25) is 0 Å². The maximum atomic E-state index is 12.2. The van der Waals surface area contributed by atoms with E-state index in [2.05, 4.69) is 13.8 Å². The largest absolute Gasteiger partial charge is 1.00 e. The van der Waals surface area contributed by atoms with Gasteiger partial charge < -0.3 is 19.8 Å². The molecule has 2 atom stereocenters. The zero-order valence-electron chi connectivity index (χ0n) is 20.0. The Labute approximate surface area is 212 Å². The second kappa shape index (κ2) is 19.5. The van der Waals surface area contributed by atoms with Crippen molar-refractivity contribution >= 4 is 22.1 Å². The van der Waals surface area contributed by atoms with E-state index in [-0.39, 0.29) is 57.0 Å². The van der Waals surface area contributed by atoms with Gasteiger partial charge in [-0.15, -0.1) is 0 Å². The van der Waals surface area contributed by atoms with Gasteiger partial charge in [0.05, 0.1) is 5.97 Å². The minimum atomic E-state index is -5.07. The van der Waals surface area contributed by atoms with Crippen LogP contribution in [0.1, 0.15) is 110 Å². The molecule has 0 saturated heterocycles. The van der Waals surface area contributed by atoms with Gasteiger partial charge >= 0.3 is 37.7 Å². The van der Waals surface area contributed by atoms with E-state index >= 15 is 0 Å². The van der Waals surface area contributed by atoms with Crippen LogP contribution in [-0.4, -0.2) is 29.7 Å². The fourth-order valence-corrected chi connectivity index (χ4v) is 5.19. The van der Waals surface area contributed by atoms with Crippen LogP contribution in [0.15, 0.2) is 0 Å². The molecule has 0 amide bonds. The number of carbonyl (C=O) groups is 2. The second-order valence-corrected chi connectivity index (χ2v) is 9.68. The Bertz CT molecular complexity index is 584. The summed E-state index contributed by atoms with van der Waals surface area (Å²) in [5, 5.41) is 23.2. The zero-order chi connectivity index (χ0) is 22.3. The average molecular weight is 448 g/mol. The van der Waals surface area contributed by atoms with Crippen molar-refractivity contribution in [2.45, 2.75) is 115 Å². The van der Waals surface area contributed by atoms with Gasteiger partial charge in [-0.3, -0.25) is 4.55 Å². The molecule has 0 aliphatic heterocycles. The molecule has 0 fully saturated rings. The summed E-state index contributed by atoms with van der Waals surface area (Å²) >= 11 is 0. The van der Waals surface area contributed by atoms with Crippen molar-refractivity contribution in [3.63, 3.8) is 0 Å². The van der Waals surface area contributed by atoms with Gasteiger partial charge in [0.15, 0.2) is 0 Å². The molecule has 31 heavy (non-hydrogen) atoms. The summed E-state index contributed by atoms with van der Waals surface area (Å²) in [7, 11) is -5.07. The van der Waals surface area contributed by atoms with Gasteiger partial charge in [-0.1, -0.05) is 90.9 Å². The number of hydrogen-bond donors (Lipinski definition) is 1. The molecule has 0 bridgehead atoms. The van der Waals surface area contributed by atoms with E-state index in [1.54, 1.807) is 0 Å². The number of carboxylic acids is 2. The van der Waals surface area contributed by atoms with Gasteiger partial charge in [-0.2, -0.15) is 8.42 Å². The predicted octanol–water partition coefficient (Wildman–Crippen LogP) is -3.37. The van der Waals surface area contributed by atoms with E-state index in [1.807, 2.05) is 0 Å². The van der Waals surface area contributed by atoms with Crippen LogP contribution < -0.4 is 47.9 Å². The van der Waals surface area contributed by atoms with Crippen LogP contribution in [-0.2, 0) is 19.7 Å². The first-order chi connectivity index (χ1) is 13.6. The molecule has 7 nitrogen and oxygen atoms in total. The van der Waals surface area contributed by atoms with E-state index in [1.165, 1.54) is 0 Å². The van der Waals surface area contributed by atoms with Crippen molar-refractivity contribution in [3.05, 3.63) is 0 Å². The fraction of sp³-hybridized carbons (Fsp3) is 0.905. The summed E-state index contributed by atoms with van der Waals surface area (Å²) in [5.41, 5.74) is 0. The summed E-state index contributed by atoms with van der Waals surface area (Å²) in [6.45, 7) is 4.14. The van der Waals surface area contributed by atoms with Crippen LogP contribution in [0.4, 0.5) is 0 Å². The van der Waals surface area contributed by atoms with Gasteiger partial charge in [0.2, 0.25) is 0 Å². The number of unbranched alkanes of at least 4 members (excludes halogenated alkanes) is 10. The third-order valence-electron chi connectivity index (χ3n) is 5.69. The molecule has 172 valence electrons. The van der Waals surface area contributed by atoms with E-state index in [4.69, 9.17) is 0 Å². The van der Waals surface area contributed by atoms with Crippen molar-refractivity contribution in [2.75, 3.05) is 0 Å². The Hall–Kier alpha value is 0.0448. The molecule has 0 aromatic carbocycles. The third-order valence-corrected chi connectivity index (χ3v) is 7.31. The van der Waals surface area contributed by atoms with Gasteiger partial charge in [-0.05, 0) is 25.2 Å². The molecule has 1 N–H and O–H groups in total. The second-order valence-electron chi connectivity index (χ2n) is 8.00. The molecule has 0 saturated carbocycles. The van der Waals surface area contributed by atoms with Crippen molar-refractivity contribution in [1.82, 2.24) is 0 Å². The Morgan fingerprint density at radius 2 is 1.23 bits per heavy atom. The molecule has 0 aromatic rings. The predicted molar refractivity (Wildman–Crippen MR) is 108 cm³/mol. The third kappa shape index (κ3) is 13.4. The minimum absolute atomic E-state index is 0. The molecular weight excluding hydrogens is 410 g/mol. The van der Waals surface area contributed by atoms with Gasteiger partial charge in [0, 0.05) is 5.97 Å². The first kappa shape index (κ1) is 35.6. The number of aliphatic carboxylic acids is 2. The molecule has 0 radical (unpaired) electrons. The first-order valence-electron chi connectivity index (χ1n) is 11.0. The molecule has 0 spiro atoms. The van der Waals surface area contributed by atoms with E-state index < -0.39 is 39.1 Å². The summed E-state index contributed by atoms with van der Waals surface area (Å²) in [6.07, 6.45) is 9.03. The Morgan fingerprint density at radius 3 is 1.61 bits per heavy atom. The van der Waals surface area contributed by atoms with Gasteiger partial charge in [-0.25, -0.2) is 0 Å². The smallest absolute Gasteiger partial charge is 0.550 e. The van der Waals surface area contributed by atoms with Gasteiger partial charge in [0.1, 0.15) is 4.75 Å². The number of hydrogen-bond acceptors (Lipinski definition) is 6. The summed E-state index contributed by atoms with van der Waals surface area (Å²) in [5.74, 6) is -4.74. The van der Waals surface area contributed by atoms with Crippen LogP contribution in [0.5, 0.6) is 0 Å². The quantitative estimate of drug-likeness (QED) is 0.124. The monoisotopic (exact) mass is 448 g/mol.